The number of hydrogen-bond donors (Lipinski definition) is 2. The van der Waals surface area contributed by atoms with Gasteiger partial charge in [-0.15, -0.1) is 6.58 Å². The molecule has 4 atom stereocenters. The number of hydrogen-bond acceptors (Lipinski definition) is 4. The predicted octanol–water partition coefficient (Wildman–Crippen LogP) is 0.218. The van der Waals surface area contributed by atoms with Crippen molar-refractivity contribution in [1.29, 1.82) is 0 Å². The van der Waals surface area contributed by atoms with E-state index in [4.69, 9.17) is 4.74 Å². The molecular weight excluding hydrogens is 232 g/mol. The van der Waals surface area contributed by atoms with Gasteiger partial charge in [0.2, 0.25) is 5.91 Å². The number of amides is 1. The zero-order chi connectivity index (χ0) is 13.3. The molecule has 1 aliphatic heterocycles. The lowest BCUT2D eigenvalue weighted by molar-refractivity contribution is -0.147. The third-order valence-corrected chi connectivity index (χ3v) is 3.86. The molecule has 2 fully saturated rings. The Hall–Kier alpha value is -1.36. The van der Waals surface area contributed by atoms with Crippen LogP contribution in [0.25, 0.3) is 0 Å². The fourth-order valence-corrected chi connectivity index (χ4v) is 2.60. The van der Waals surface area contributed by atoms with Crippen molar-refractivity contribution in [1.82, 2.24) is 10.6 Å². The van der Waals surface area contributed by atoms with Crippen LogP contribution >= 0.6 is 0 Å². The van der Waals surface area contributed by atoms with E-state index in [0.717, 1.165) is 13.0 Å². The molecule has 18 heavy (non-hydrogen) atoms. The van der Waals surface area contributed by atoms with Gasteiger partial charge >= 0.3 is 5.97 Å². The van der Waals surface area contributed by atoms with Gasteiger partial charge in [0.15, 0.2) is 0 Å². The highest BCUT2D eigenvalue weighted by atomic mass is 16.5. The molecule has 5 heteroatoms. The van der Waals surface area contributed by atoms with Crippen molar-refractivity contribution in [3.05, 3.63) is 12.7 Å². The van der Waals surface area contributed by atoms with Gasteiger partial charge in [-0.25, -0.2) is 4.79 Å². The second-order valence-electron chi connectivity index (χ2n) is 5.30. The minimum atomic E-state index is -0.874. The topological polar surface area (TPSA) is 67.4 Å². The van der Waals surface area contributed by atoms with Crippen LogP contribution in [0.5, 0.6) is 0 Å². The molecular formula is C13H20N2O3. The van der Waals surface area contributed by atoms with E-state index in [9.17, 15) is 9.59 Å². The first-order valence-electron chi connectivity index (χ1n) is 6.30. The number of carbonyl (C=O) groups excluding carboxylic acids is 2. The zero-order valence-electron chi connectivity index (χ0n) is 10.9. The predicted molar refractivity (Wildman–Crippen MR) is 66.8 cm³/mol. The highest BCUT2D eigenvalue weighted by molar-refractivity contribution is 5.93. The maximum absolute atomic E-state index is 12.1. The summed E-state index contributed by atoms with van der Waals surface area (Å²) in [4.78, 5) is 23.9. The van der Waals surface area contributed by atoms with E-state index in [1.54, 1.807) is 6.08 Å². The molecule has 1 amide bonds. The van der Waals surface area contributed by atoms with Crippen molar-refractivity contribution in [2.75, 3.05) is 13.7 Å². The normalized spacial score (nSPS) is 38.0. The minimum Gasteiger partial charge on any atom is -0.467 e. The molecule has 0 radical (unpaired) electrons. The maximum Gasteiger partial charge on any atom is 0.332 e. The summed E-state index contributed by atoms with van der Waals surface area (Å²) in [5.74, 6) is -0.0298. The average Bonchev–Trinajstić information content (AvgIpc) is 2.90. The summed E-state index contributed by atoms with van der Waals surface area (Å²) in [7, 11) is 1.34. The molecule has 0 bridgehead atoms. The first-order chi connectivity index (χ1) is 8.53. The van der Waals surface area contributed by atoms with E-state index in [2.05, 4.69) is 24.1 Å². The minimum absolute atomic E-state index is 0.0206. The molecule has 0 aromatic rings. The van der Waals surface area contributed by atoms with Gasteiger partial charge in [0, 0.05) is 5.92 Å². The van der Waals surface area contributed by atoms with E-state index in [0.29, 0.717) is 12.3 Å². The quantitative estimate of drug-likeness (QED) is 0.555. The van der Waals surface area contributed by atoms with Gasteiger partial charge in [0.05, 0.1) is 13.2 Å². The summed E-state index contributed by atoms with van der Waals surface area (Å²) in [6.45, 7) is 6.62. The van der Waals surface area contributed by atoms with Crippen LogP contribution in [0.1, 0.15) is 19.8 Å². The molecule has 2 unspecified atom stereocenters. The molecule has 0 aromatic heterocycles. The first-order valence-corrected chi connectivity index (χ1v) is 6.30. The Labute approximate surface area is 107 Å². The Balaban J connectivity index is 2.00. The average molecular weight is 252 g/mol. The lowest BCUT2D eigenvalue weighted by atomic mass is 10.1. The number of esters is 1. The van der Waals surface area contributed by atoms with Crippen molar-refractivity contribution >= 4 is 11.9 Å². The van der Waals surface area contributed by atoms with E-state index < -0.39 is 5.54 Å². The zero-order valence-corrected chi connectivity index (χ0v) is 10.9. The SMILES string of the molecule is C=CC1CC1(NC(=O)[C@@H]1C[C@@H](C)CN1)C(=O)OC. The van der Waals surface area contributed by atoms with E-state index in [1.807, 2.05) is 0 Å². The molecule has 2 rings (SSSR count). The summed E-state index contributed by atoms with van der Waals surface area (Å²) in [6, 6.07) is -0.201. The maximum atomic E-state index is 12.1. The molecule has 1 saturated heterocycles. The van der Waals surface area contributed by atoms with Gasteiger partial charge in [0.1, 0.15) is 5.54 Å². The van der Waals surface area contributed by atoms with E-state index in [1.165, 1.54) is 7.11 Å². The van der Waals surface area contributed by atoms with Crippen LogP contribution in [0.3, 0.4) is 0 Å². The van der Waals surface area contributed by atoms with E-state index in [-0.39, 0.29) is 23.8 Å². The standard InChI is InChI=1S/C13H20N2O3/c1-4-9-6-13(9,12(17)18-3)15-11(16)10-5-8(2)7-14-10/h4,8-10,14H,1,5-7H2,2-3H3,(H,15,16)/t8-,9?,10+,13?/m1/s1. The molecule has 1 aliphatic carbocycles. The number of ether oxygens (including phenoxy) is 1. The van der Waals surface area contributed by atoms with Crippen LogP contribution in [0, 0.1) is 11.8 Å². The van der Waals surface area contributed by atoms with Crippen LogP contribution < -0.4 is 10.6 Å². The molecule has 2 N–H and O–H groups in total. The first kappa shape index (κ1) is 13.1. The van der Waals surface area contributed by atoms with Gasteiger partial charge in [0.25, 0.3) is 0 Å². The van der Waals surface area contributed by atoms with Crippen LogP contribution in [0.4, 0.5) is 0 Å². The summed E-state index contributed by atoms with van der Waals surface area (Å²) in [5, 5.41) is 5.99. The summed E-state index contributed by atoms with van der Waals surface area (Å²) in [6.07, 6.45) is 3.08. The van der Waals surface area contributed by atoms with Gasteiger partial charge < -0.3 is 15.4 Å². The highest BCUT2D eigenvalue weighted by Gasteiger charge is 2.61. The summed E-state index contributed by atoms with van der Waals surface area (Å²) >= 11 is 0. The molecule has 100 valence electrons. The Morgan fingerprint density at radius 3 is 2.72 bits per heavy atom. The molecule has 0 aromatic carbocycles. The van der Waals surface area contributed by atoms with Crippen molar-refractivity contribution in [3.63, 3.8) is 0 Å². The Kier molecular flexibility index (Phi) is 3.43. The second kappa shape index (κ2) is 4.72. The van der Waals surface area contributed by atoms with Crippen LogP contribution in [0.2, 0.25) is 0 Å². The van der Waals surface area contributed by atoms with Crippen molar-refractivity contribution < 1.29 is 14.3 Å². The van der Waals surface area contributed by atoms with Crippen LogP contribution in [-0.4, -0.2) is 37.1 Å². The number of carbonyl (C=O) groups is 2. The van der Waals surface area contributed by atoms with Crippen LogP contribution in [0.15, 0.2) is 12.7 Å². The van der Waals surface area contributed by atoms with Gasteiger partial charge in [-0.3, -0.25) is 4.79 Å². The lowest BCUT2D eigenvalue weighted by Gasteiger charge is -2.19. The molecule has 0 spiro atoms. The van der Waals surface area contributed by atoms with Gasteiger partial charge in [-0.1, -0.05) is 13.0 Å². The van der Waals surface area contributed by atoms with Crippen molar-refractivity contribution in [2.45, 2.75) is 31.3 Å². The van der Waals surface area contributed by atoms with Gasteiger partial charge in [-0.05, 0) is 25.3 Å². The Morgan fingerprint density at radius 2 is 2.28 bits per heavy atom. The van der Waals surface area contributed by atoms with Gasteiger partial charge in [-0.2, -0.15) is 0 Å². The largest absolute Gasteiger partial charge is 0.467 e. The molecule has 1 saturated carbocycles. The third-order valence-electron chi connectivity index (χ3n) is 3.86. The molecule has 2 aliphatic rings. The van der Waals surface area contributed by atoms with Crippen molar-refractivity contribution in [3.8, 4) is 0 Å². The fraction of sp³-hybridized carbons (Fsp3) is 0.692. The third kappa shape index (κ3) is 2.14. The van der Waals surface area contributed by atoms with Crippen molar-refractivity contribution in [2.24, 2.45) is 11.8 Å². The monoisotopic (exact) mass is 252 g/mol. The summed E-state index contributed by atoms with van der Waals surface area (Å²) in [5.41, 5.74) is -0.874. The van der Waals surface area contributed by atoms with E-state index >= 15 is 0 Å². The second-order valence-corrected chi connectivity index (χ2v) is 5.30. The summed E-state index contributed by atoms with van der Waals surface area (Å²) < 4.78 is 4.77. The number of nitrogens with one attached hydrogen (secondary N) is 2. The lowest BCUT2D eigenvalue weighted by Crippen LogP contribution is -2.51. The fourth-order valence-electron chi connectivity index (χ4n) is 2.60. The smallest absolute Gasteiger partial charge is 0.332 e. The highest BCUT2D eigenvalue weighted by Crippen LogP contribution is 2.45. The Morgan fingerprint density at radius 1 is 1.56 bits per heavy atom. The molecule has 1 heterocycles. The number of methoxy groups -OCH3 is 1. The van der Waals surface area contributed by atoms with Crippen LogP contribution in [-0.2, 0) is 14.3 Å². The number of rotatable bonds is 4. The Bertz CT molecular complexity index is 382. The molecule has 5 nitrogen and oxygen atoms in total.